The summed E-state index contributed by atoms with van der Waals surface area (Å²) < 4.78 is 53.8. The SMILES string of the molecule is COC(=O)c1ccc(OCC(O)CN2CCN(Cc3ccc(C(F)(F)F)cc3)CC2)c(OC)c1. The number of methoxy groups -OCH3 is 2. The van der Waals surface area contributed by atoms with Crippen molar-refractivity contribution in [2.75, 3.05) is 53.6 Å². The van der Waals surface area contributed by atoms with Crippen molar-refractivity contribution in [2.24, 2.45) is 0 Å². The molecule has 3 rings (SSSR count). The highest BCUT2D eigenvalue weighted by Crippen LogP contribution is 2.30. The van der Waals surface area contributed by atoms with Crippen LogP contribution in [0.2, 0.25) is 0 Å². The highest BCUT2D eigenvalue weighted by atomic mass is 19.4. The fourth-order valence-corrected chi connectivity index (χ4v) is 3.76. The van der Waals surface area contributed by atoms with E-state index in [9.17, 15) is 23.1 Å². The van der Waals surface area contributed by atoms with Gasteiger partial charge in [-0.25, -0.2) is 4.79 Å². The van der Waals surface area contributed by atoms with Crippen LogP contribution >= 0.6 is 0 Å². The zero-order chi connectivity index (χ0) is 24.7. The van der Waals surface area contributed by atoms with Crippen molar-refractivity contribution >= 4 is 5.97 Å². The van der Waals surface area contributed by atoms with E-state index in [1.54, 1.807) is 12.1 Å². The standard InChI is InChI=1S/C24H29F3N2O5/c1-32-22-13-18(23(31)33-2)5-8-21(22)34-16-20(30)15-29-11-9-28(10-12-29)14-17-3-6-19(7-4-17)24(25,26)27/h3-8,13,20,30H,9-12,14-16H2,1-2H3. The fourth-order valence-electron chi connectivity index (χ4n) is 3.76. The number of hydrogen-bond acceptors (Lipinski definition) is 7. The Bertz CT molecular complexity index is 945. The molecule has 0 bridgehead atoms. The molecule has 1 N–H and O–H groups in total. The minimum absolute atomic E-state index is 0.0553. The summed E-state index contributed by atoms with van der Waals surface area (Å²) in [6.45, 7) is 4.02. The van der Waals surface area contributed by atoms with Crippen molar-refractivity contribution in [3.8, 4) is 11.5 Å². The summed E-state index contributed by atoms with van der Waals surface area (Å²) in [5.74, 6) is 0.296. The third-order valence-electron chi connectivity index (χ3n) is 5.64. The lowest BCUT2D eigenvalue weighted by atomic mass is 10.1. The fraction of sp³-hybridized carbons (Fsp3) is 0.458. The average molecular weight is 482 g/mol. The number of halogens is 3. The molecule has 0 radical (unpaired) electrons. The molecule has 1 heterocycles. The van der Waals surface area contributed by atoms with Gasteiger partial charge in [0.1, 0.15) is 12.7 Å². The van der Waals surface area contributed by atoms with Crippen molar-refractivity contribution in [1.82, 2.24) is 9.80 Å². The summed E-state index contributed by atoms with van der Waals surface area (Å²) in [4.78, 5) is 15.9. The van der Waals surface area contributed by atoms with Gasteiger partial charge in [0.05, 0.1) is 25.3 Å². The van der Waals surface area contributed by atoms with Gasteiger partial charge in [-0.1, -0.05) is 12.1 Å². The molecule has 1 saturated heterocycles. The summed E-state index contributed by atoms with van der Waals surface area (Å²) in [5, 5.41) is 10.4. The second-order valence-corrected chi connectivity index (χ2v) is 8.09. The van der Waals surface area contributed by atoms with E-state index in [1.807, 2.05) is 0 Å². The maximum Gasteiger partial charge on any atom is 0.416 e. The number of benzene rings is 2. The Hall–Kier alpha value is -2.82. The smallest absolute Gasteiger partial charge is 0.416 e. The van der Waals surface area contributed by atoms with Crippen LogP contribution in [0.3, 0.4) is 0 Å². The Morgan fingerprint density at radius 3 is 2.24 bits per heavy atom. The van der Waals surface area contributed by atoms with Crippen LogP contribution in [0.5, 0.6) is 11.5 Å². The molecule has 7 nitrogen and oxygen atoms in total. The quantitative estimate of drug-likeness (QED) is 0.551. The molecule has 1 fully saturated rings. The highest BCUT2D eigenvalue weighted by Gasteiger charge is 2.30. The van der Waals surface area contributed by atoms with Gasteiger partial charge in [0, 0.05) is 39.3 Å². The Morgan fingerprint density at radius 2 is 1.65 bits per heavy atom. The Morgan fingerprint density at radius 1 is 1.00 bits per heavy atom. The minimum Gasteiger partial charge on any atom is -0.493 e. The second-order valence-electron chi connectivity index (χ2n) is 8.09. The van der Waals surface area contributed by atoms with Crippen molar-refractivity contribution in [3.63, 3.8) is 0 Å². The molecule has 1 aliphatic rings. The molecule has 2 aromatic rings. The molecular weight excluding hydrogens is 453 g/mol. The number of β-amino-alcohol motifs (C(OH)–C–C–N with tert-alkyl or cyclic N) is 1. The van der Waals surface area contributed by atoms with Crippen molar-refractivity contribution in [1.29, 1.82) is 0 Å². The van der Waals surface area contributed by atoms with Crippen LogP contribution in [0.1, 0.15) is 21.5 Å². The number of aliphatic hydroxyl groups is 1. The highest BCUT2D eigenvalue weighted by molar-refractivity contribution is 5.90. The average Bonchev–Trinajstić information content (AvgIpc) is 2.83. The number of ether oxygens (including phenoxy) is 3. The van der Waals surface area contributed by atoms with Gasteiger partial charge in [0.25, 0.3) is 0 Å². The lowest BCUT2D eigenvalue weighted by molar-refractivity contribution is -0.137. The van der Waals surface area contributed by atoms with Gasteiger partial charge < -0.3 is 19.3 Å². The molecule has 2 aromatic carbocycles. The van der Waals surface area contributed by atoms with Crippen LogP contribution in [-0.2, 0) is 17.5 Å². The number of alkyl halides is 3. The van der Waals surface area contributed by atoms with Crippen LogP contribution in [-0.4, -0.2) is 80.5 Å². The Labute approximate surface area is 196 Å². The number of hydrogen-bond donors (Lipinski definition) is 1. The molecule has 0 spiro atoms. The summed E-state index contributed by atoms with van der Waals surface area (Å²) in [6, 6.07) is 9.93. The largest absolute Gasteiger partial charge is 0.493 e. The minimum atomic E-state index is -4.33. The number of nitrogens with zero attached hydrogens (tertiary/aromatic N) is 2. The molecular formula is C24H29F3N2O5. The molecule has 0 amide bonds. The molecule has 1 unspecified atom stereocenters. The molecule has 1 atom stereocenters. The Balaban J connectivity index is 1.42. The first-order chi connectivity index (χ1) is 16.2. The first-order valence-corrected chi connectivity index (χ1v) is 10.9. The van der Waals surface area contributed by atoms with Gasteiger partial charge >= 0.3 is 12.1 Å². The van der Waals surface area contributed by atoms with Crippen LogP contribution in [0.4, 0.5) is 13.2 Å². The van der Waals surface area contributed by atoms with E-state index in [1.165, 1.54) is 32.4 Å². The van der Waals surface area contributed by atoms with Gasteiger partial charge in [0.15, 0.2) is 11.5 Å². The molecule has 0 saturated carbocycles. The third-order valence-corrected chi connectivity index (χ3v) is 5.64. The van der Waals surface area contributed by atoms with Crippen LogP contribution in [0, 0.1) is 0 Å². The summed E-state index contributed by atoms with van der Waals surface area (Å²) in [7, 11) is 2.76. The van der Waals surface area contributed by atoms with E-state index < -0.39 is 23.8 Å². The lowest BCUT2D eigenvalue weighted by Gasteiger charge is -2.35. The first-order valence-electron chi connectivity index (χ1n) is 10.9. The van der Waals surface area contributed by atoms with Crippen LogP contribution < -0.4 is 9.47 Å². The Kier molecular flexibility index (Phi) is 8.76. The summed E-state index contributed by atoms with van der Waals surface area (Å²) >= 11 is 0. The van der Waals surface area contributed by atoms with E-state index >= 15 is 0 Å². The third kappa shape index (κ3) is 7.09. The summed E-state index contributed by atoms with van der Waals surface area (Å²) in [5.41, 5.74) is 0.526. The predicted molar refractivity (Wildman–Crippen MR) is 119 cm³/mol. The van der Waals surface area contributed by atoms with Gasteiger partial charge in [-0.3, -0.25) is 9.80 Å². The van der Waals surface area contributed by atoms with E-state index in [0.717, 1.165) is 43.9 Å². The van der Waals surface area contributed by atoms with Gasteiger partial charge in [-0.05, 0) is 35.9 Å². The van der Waals surface area contributed by atoms with Gasteiger partial charge in [-0.15, -0.1) is 0 Å². The van der Waals surface area contributed by atoms with Crippen LogP contribution in [0.25, 0.3) is 0 Å². The number of piperazine rings is 1. The zero-order valence-corrected chi connectivity index (χ0v) is 19.2. The summed E-state index contributed by atoms with van der Waals surface area (Å²) in [6.07, 6.45) is -5.06. The number of carbonyl (C=O) groups excluding carboxylic acids is 1. The van der Waals surface area contributed by atoms with Crippen molar-refractivity contribution in [3.05, 3.63) is 59.2 Å². The van der Waals surface area contributed by atoms with Crippen LogP contribution in [0.15, 0.2) is 42.5 Å². The molecule has 1 aliphatic heterocycles. The number of rotatable bonds is 9. The van der Waals surface area contributed by atoms with Crippen molar-refractivity contribution < 1.29 is 37.3 Å². The number of aliphatic hydroxyl groups excluding tert-OH is 1. The monoisotopic (exact) mass is 482 g/mol. The molecule has 34 heavy (non-hydrogen) atoms. The normalized spacial score (nSPS) is 16.2. The van der Waals surface area contributed by atoms with E-state index in [2.05, 4.69) is 9.80 Å². The topological polar surface area (TPSA) is 71.5 Å². The lowest BCUT2D eigenvalue weighted by Crippen LogP contribution is -2.48. The number of esters is 1. The number of carbonyl (C=O) groups is 1. The van der Waals surface area contributed by atoms with E-state index in [0.29, 0.717) is 30.2 Å². The van der Waals surface area contributed by atoms with Gasteiger partial charge in [0.2, 0.25) is 0 Å². The molecule has 10 heteroatoms. The maximum absolute atomic E-state index is 12.7. The molecule has 0 aromatic heterocycles. The zero-order valence-electron chi connectivity index (χ0n) is 19.2. The molecule has 0 aliphatic carbocycles. The predicted octanol–water partition coefficient (Wildman–Crippen LogP) is 3.06. The van der Waals surface area contributed by atoms with E-state index in [4.69, 9.17) is 14.2 Å². The van der Waals surface area contributed by atoms with E-state index in [-0.39, 0.29) is 6.61 Å². The maximum atomic E-state index is 12.7. The van der Waals surface area contributed by atoms with Gasteiger partial charge in [-0.2, -0.15) is 13.2 Å². The van der Waals surface area contributed by atoms with Crippen molar-refractivity contribution in [2.45, 2.75) is 18.8 Å². The first kappa shape index (κ1) is 25.8. The molecule has 186 valence electrons. The second kappa shape index (κ2) is 11.5.